The lowest BCUT2D eigenvalue weighted by Crippen LogP contribution is -2.25. The molecular formula is C14H19O3. The van der Waals surface area contributed by atoms with Gasteiger partial charge in [0.1, 0.15) is 0 Å². The highest BCUT2D eigenvalue weighted by Gasteiger charge is 2.40. The van der Waals surface area contributed by atoms with Crippen molar-refractivity contribution in [2.24, 2.45) is 0 Å². The fourth-order valence-electron chi connectivity index (χ4n) is 2.29. The largest absolute Gasteiger partial charge is 0.344 e. The van der Waals surface area contributed by atoms with Crippen molar-refractivity contribution in [3.05, 3.63) is 35.9 Å². The smallest absolute Gasteiger partial charge is 0.163 e. The first kappa shape index (κ1) is 12.6. The van der Waals surface area contributed by atoms with Gasteiger partial charge in [0.15, 0.2) is 5.79 Å². The van der Waals surface area contributed by atoms with Crippen LogP contribution in [0, 0.1) is 0 Å². The van der Waals surface area contributed by atoms with E-state index >= 15 is 0 Å². The van der Waals surface area contributed by atoms with Gasteiger partial charge in [-0.15, -0.1) is 0 Å². The molecule has 17 heavy (non-hydrogen) atoms. The molecule has 1 aliphatic heterocycles. The molecule has 2 atom stereocenters. The summed E-state index contributed by atoms with van der Waals surface area (Å²) in [6, 6.07) is 10.2. The van der Waals surface area contributed by atoms with E-state index in [1.165, 1.54) is 5.56 Å². The standard InChI is InChI=1S/C14H19O3/c1-14(2)16-12(8-9-15)13(17-14)10-11-6-4-3-5-7-11/h3-7,12-13H,8-10H2,1-2H3/t12-,13-/m1/s1. The van der Waals surface area contributed by atoms with Crippen molar-refractivity contribution in [3.8, 4) is 0 Å². The van der Waals surface area contributed by atoms with Gasteiger partial charge in [0.25, 0.3) is 0 Å². The Labute approximate surface area is 102 Å². The average Bonchev–Trinajstić information content (AvgIpc) is 2.55. The van der Waals surface area contributed by atoms with Gasteiger partial charge in [-0.3, -0.25) is 0 Å². The molecule has 93 valence electrons. The number of ether oxygens (including phenoxy) is 2. The molecule has 0 N–H and O–H groups in total. The average molecular weight is 235 g/mol. The molecule has 1 radical (unpaired) electrons. The van der Waals surface area contributed by atoms with Crippen molar-refractivity contribution in [1.29, 1.82) is 0 Å². The second-order valence-corrected chi connectivity index (χ2v) is 4.89. The first-order valence-electron chi connectivity index (χ1n) is 6.08. The molecule has 0 aliphatic carbocycles. The Kier molecular flexibility index (Phi) is 3.82. The first-order valence-corrected chi connectivity index (χ1v) is 6.08. The van der Waals surface area contributed by atoms with Crippen LogP contribution in [0.2, 0.25) is 0 Å². The molecule has 1 saturated heterocycles. The second kappa shape index (κ2) is 5.17. The molecule has 1 aliphatic rings. The summed E-state index contributed by atoms with van der Waals surface area (Å²) in [4.78, 5) is 0. The molecule has 0 aromatic heterocycles. The first-order chi connectivity index (χ1) is 8.11. The third-order valence-electron chi connectivity index (χ3n) is 2.97. The minimum atomic E-state index is -0.570. The maximum atomic E-state index is 10.8. The van der Waals surface area contributed by atoms with Gasteiger partial charge in [-0.05, 0) is 19.4 Å². The number of rotatable bonds is 4. The molecule has 0 unspecified atom stereocenters. The van der Waals surface area contributed by atoms with E-state index in [-0.39, 0.29) is 18.8 Å². The molecule has 3 heteroatoms. The van der Waals surface area contributed by atoms with Crippen LogP contribution in [0.5, 0.6) is 0 Å². The number of hydrogen-bond donors (Lipinski definition) is 0. The SMILES string of the molecule is CC1(C)O[C@H](CC[O])[C@@H](Cc2ccccc2)O1. The van der Waals surface area contributed by atoms with Gasteiger partial charge in [0, 0.05) is 12.8 Å². The van der Waals surface area contributed by atoms with Gasteiger partial charge < -0.3 is 9.47 Å². The zero-order valence-corrected chi connectivity index (χ0v) is 10.4. The summed E-state index contributed by atoms with van der Waals surface area (Å²) in [6.45, 7) is 3.68. The Balaban J connectivity index is 2.03. The molecule has 3 nitrogen and oxygen atoms in total. The van der Waals surface area contributed by atoms with E-state index in [9.17, 15) is 5.11 Å². The van der Waals surface area contributed by atoms with Crippen LogP contribution >= 0.6 is 0 Å². The summed E-state index contributed by atoms with van der Waals surface area (Å²) in [5, 5.41) is 10.8. The highest BCUT2D eigenvalue weighted by Crippen LogP contribution is 2.31. The maximum Gasteiger partial charge on any atom is 0.163 e. The minimum absolute atomic E-state index is 0.0126. The monoisotopic (exact) mass is 235 g/mol. The molecule has 0 spiro atoms. The van der Waals surface area contributed by atoms with E-state index in [0.29, 0.717) is 6.42 Å². The normalized spacial score (nSPS) is 27.2. The highest BCUT2D eigenvalue weighted by molar-refractivity contribution is 5.16. The fourth-order valence-corrected chi connectivity index (χ4v) is 2.29. The molecule has 0 saturated carbocycles. The van der Waals surface area contributed by atoms with Gasteiger partial charge in [0.05, 0.1) is 18.8 Å². The van der Waals surface area contributed by atoms with Gasteiger partial charge in [-0.1, -0.05) is 30.3 Å². The van der Waals surface area contributed by atoms with Crippen LogP contribution in [0.4, 0.5) is 0 Å². The summed E-state index contributed by atoms with van der Waals surface area (Å²) < 4.78 is 11.6. The molecular weight excluding hydrogens is 216 g/mol. The van der Waals surface area contributed by atoms with Crippen molar-refractivity contribution < 1.29 is 14.6 Å². The van der Waals surface area contributed by atoms with E-state index in [2.05, 4.69) is 12.1 Å². The lowest BCUT2D eigenvalue weighted by Gasteiger charge is -2.16. The number of hydrogen-bond acceptors (Lipinski definition) is 2. The predicted octanol–water partition coefficient (Wildman–Crippen LogP) is 2.57. The van der Waals surface area contributed by atoms with E-state index in [1.54, 1.807) is 0 Å². The predicted molar refractivity (Wildman–Crippen MR) is 64.1 cm³/mol. The van der Waals surface area contributed by atoms with E-state index < -0.39 is 5.79 Å². The van der Waals surface area contributed by atoms with Crippen LogP contribution in [0.3, 0.4) is 0 Å². The molecule has 2 rings (SSSR count). The second-order valence-electron chi connectivity index (χ2n) is 4.89. The molecule has 0 bridgehead atoms. The summed E-state index contributed by atoms with van der Waals surface area (Å²) in [6.07, 6.45) is 1.22. The third kappa shape index (κ3) is 3.28. The van der Waals surface area contributed by atoms with Crippen molar-refractivity contribution in [3.63, 3.8) is 0 Å². The van der Waals surface area contributed by atoms with Crippen LogP contribution < -0.4 is 0 Å². The van der Waals surface area contributed by atoms with Crippen molar-refractivity contribution in [2.75, 3.05) is 6.61 Å². The molecule has 1 heterocycles. The summed E-state index contributed by atoms with van der Waals surface area (Å²) in [7, 11) is 0. The van der Waals surface area contributed by atoms with Crippen LogP contribution in [0.25, 0.3) is 0 Å². The van der Waals surface area contributed by atoms with E-state index in [0.717, 1.165) is 6.42 Å². The quantitative estimate of drug-likeness (QED) is 0.804. The zero-order valence-electron chi connectivity index (χ0n) is 10.4. The van der Waals surface area contributed by atoms with Crippen LogP contribution in [-0.2, 0) is 21.0 Å². The lowest BCUT2D eigenvalue weighted by molar-refractivity contribution is -0.147. The Morgan fingerprint density at radius 2 is 1.76 bits per heavy atom. The fraction of sp³-hybridized carbons (Fsp3) is 0.571. The third-order valence-corrected chi connectivity index (χ3v) is 2.97. The molecule has 1 aromatic rings. The lowest BCUT2D eigenvalue weighted by atomic mass is 10.0. The Bertz CT molecular complexity index is 348. The Hall–Kier alpha value is -0.900. The van der Waals surface area contributed by atoms with Crippen molar-refractivity contribution in [2.45, 2.75) is 44.7 Å². The summed E-state index contributed by atoms with van der Waals surface area (Å²) in [5.41, 5.74) is 1.22. The zero-order chi connectivity index (χ0) is 12.3. The van der Waals surface area contributed by atoms with E-state index in [1.807, 2.05) is 32.0 Å². The van der Waals surface area contributed by atoms with Gasteiger partial charge in [-0.2, -0.15) is 0 Å². The van der Waals surface area contributed by atoms with Crippen molar-refractivity contribution in [1.82, 2.24) is 0 Å². The Morgan fingerprint density at radius 3 is 2.41 bits per heavy atom. The van der Waals surface area contributed by atoms with Crippen LogP contribution in [0.15, 0.2) is 30.3 Å². The molecule has 1 fully saturated rings. The van der Waals surface area contributed by atoms with Gasteiger partial charge in [0.2, 0.25) is 0 Å². The van der Waals surface area contributed by atoms with Gasteiger partial charge in [-0.25, -0.2) is 5.11 Å². The minimum Gasteiger partial charge on any atom is -0.344 e. The van der Waals surface area contributed by atoms with Gasteiger partial charge >= 0.3 is 0 Å². The molecule has 1 aromatic carbocycles. The summed E-state index contributed by atoms with van der Waals surface area (Å²) >= 11 is 0. The topological polar surface area (TPSA) is 38.4 Å². The van der Waals surface area contributed by atoms with Crippen LogP contribution in [0.1, 0.15) is 25.8 Å². The molecule has 0 amide bonds. The van der Waals surface area contributed by atoms with E-state index in [4.69, 9.17) is 9.47 Å². The summed E-state index contributed by atoms with van der Waals surface area (Å²) in [5.74, 6) is -0.570. The van der Waals surface area contributed by atoms with Crippen molar-refractivity contribution >= 4 is 0 Å². The maximum absolute atomic E-state index is 10.8. The Morgan fingerprint density at radius 1 is 1.12 bits per heavy atom. The number of benzene rings is 1. The van der Waals surface area contributed by atoms with Crippen LogP contribution in [-0.4, -0.2) is 24.6 Å². The highest BCUT2D eigenvalue weighted by atomic mass is 16.7.